The summed E-state index contributed by atoms with van der Waals surface area (Å²) in [5.74, 6) is -1.10. The van der Waals surface area contributed by atoms with Crippen LogP contribution in [0.25, 0.3) is 0 Å². The quantitative estimate of drug-likeness (QED) is 0.782. The Balaban J connectivity index is 1.82. The van der Waals surface area contributed by atoms with Gasteiger partial charge >= 0.3 is 12.0 Å². The van der Waals surface area contributed by atoms with Gasteiger partial charge in [-0.25, -0.2) is 4.79 Å². The van der Waals surface area contributed by atoms with Gasteiger partial charge < -0.3 is 15.7 Å². The Kier molecular flexibility index (Phi) is 4.04. The maximum absolute atomic E-state index is 11.8. The molecule has 1 aromatic carbocycles. The van der Waals surface area contributed by atoms with E-state index < -0.39 is 5.97 Å². The molecule has 2 atom stereocenters. The molecular formula is C14H18N2O3. The summed E-state index contributed by atoms with van der Waals surface area (Å²) in [6.45, 7) is 1.98. The van der Waals surface area contributed by atoms with Crippen molar-refractivity contribution in [3.8, 4) is 0 Å². The number of amides is 2. The molecule has 5 heteroatoms. The van der Waals surface area contributed by atoms with E-state index in [0.29, 0.717) is 12.8 Å². The number of aliphatic carboxylic acids is 1. The Labute approximate surface area is 112 Å². The van der Waals surface area contributed by atoms with Gasteiger partial charge in [-0.05, 0) is 38.3 Å². The number of hydrogen-bond donors (Lipinski definition) is 3. The van der Waals surface area contributed by atoms with E-state index in [4.69, 9.17) is 5.11 Å². The summed E-state index contributed by atoms with van der Waals surface area (Å²) < 4.78 is 0. The third kappa shape index (κ3) is 3.71. The van der Waals surface area contributed by atoms with Crippen molar-refractivity contribution in [3.05, 3.63) is 29.8 Å². The minimum absolute atomic E-state index is 0.0495. The van der Waals surface area contributed by atoms with E-state index >= 15 is 0 Å². The van der Waals surface area contributed by atoms with Gasteiger partial charge in [0.25, 0.3) is 0 Å². The summed E-state index contributed by atoms with van der Waals surface area (Å²) in [6, 6.07) is 7.19. The zero-order chi connectivity index (χ0) is 13.8. The summed E-state index contributed by atoms with van der Waals surface area (Å²) in [4.78, 5) is 22.6. The molecule has 2 unspecified atom stereocenters. The number of rotatable bonds is 3. The highest BCUT2D eigenvalue weighted by molar-refractivity contribution is 5.89. The van der Waals surface area contributed by atoms with Crippen LogP contribution in [-0.4, -0.2) is 23.1 Å². The van der Waals surface area contributed by atoms with E-state index in [9.17, 15) is 9.59 Å². The molecule has 0 saturated heterocycles. The largest absolute Gasteiger partial charge is 0.481 e. The van der Waals surface area contributed by atoms with Crippen LogP contribution in [0.2, 0.25) is 0 Å². The van der Waals surface area contributed by atoms with Crippen molar-refractivity contribution in [2.24, 2.45) is 5.92 Å². The fraction of sp³-hybridized carbons (Fsp3) is 0.429. The maximum Gasteiger partial charge on any atom is 0.319 e. The summed E-state index contributed by atoms with van der Waals surface area (Å²) in [5, 5.41) is 14.5. The minimum Gasteiger partial charge on any atom is -0.481 e. The fourth-order valence-corrected chi connectivity index (χ4v) is 2.33. The molecule has 19 heavy (non-hydrogen) atoms. The zero-order valence-electron chi connectivity index (χ0n) is 10.8. The van der Waals surface area contributed by atoms with Crippen LogP contribution < -0.4 is 10.6 Å². The Morgan fingerprint density at radius 1 is 1.21 bits per heavy atom. The number of carbonyl (C=O) groups is 2. The summed E-state index contributed by atoms with van der Waals surface area (Å²) in [7, 11) is 0. The second-order valence-corrected chi connectivity index (χ2v) is 5.01. The second kappa shape index (κ2) is 5.73. The van der Waals surface area contributed by atoms with Crippen LogP contribution in [0.5, 0.6) is 0 Å². The van der Waals surface area contributed by atoms with Crippen LogP contribution in [0.3, 0.4) is 0 Å². The number of aryl methyl sites for hydroxylation is 1. The number of anilines is 1. The normalized spacial score (nSPS) is 21.9. The van der Waals surface area contributed by atoms with Crippen molar-refractivity contribution in [3.63, 3.8) is 0 Å². The summed E-state index contributed by atoms with van der Waals surface area (Å²) in [6.07, 6.45) is 1.86. The van der Waals surface area contributed by atoms with E-state index in [2.05, 4.69) is 10.6 Å². The molecule has 0 aliphatic heterocycles. The molecule has 1 aliphatic rings. The highest BCUT2D eigenvalue weighted by Gasteiger charge is 2.30. The van der Waals surface area contributed by atoms with Crippen LogP contribution in [-0.2, 0) is 4.79 Å². The molecule has 1 aliphatic carbocycles. The van der Waals surface area contributed by atoms with Gasteiger partial charge in [0, 0.05) is 11.7 Å². The van der Waals surface area contributed by atoms with Crippen LogP contribution in [0.15, 0.2) is 24.3 Å². The molecule has 5 nitrogen and oxygen atoms in total. The zero-order valence-corrected chi connectivity index (χ0v) is 10.8. The molecule has 0 aromatic heterocycles. The van der Waals surface area contributed by atoms with Crippen LogP contribution in [0.1, 0.15) is 24.8 Å². The molecular weight excluding hydrogens is 244 g/mol. The smallest absolute Gasteiger partial charge is 0.319 e. The number of benzene rings is 1. The fourth-order valence-electron chi connectivity index (χ4n) is 2.33. The highest BCUT2D eigenvalue weighted by atomic mass is 16.4. The Morgan fingerprint density at radius 3 is 2.47 bits per heavy atom. The van der Waals surface area contributed by atoms with Crippen LogP contribution >= 0.6 is 0 Å². The molecule has 0 bridgehead atoms. The van der Waals surface area contributed by atoms with Crippen molar-refractivity contribution < 1.29 is 14.7 Å². The molecule has 0 spiro atoms. The monoisotopic (exact) mass is 262 g/mol. The van der Waals surface area contributed by atoms with E-state index in [1.165, 1.54) is 0 Å². The van der Waals surface area contributed by atoms with Gasteiger partial charge in [-0.15, -0.1) is 0 Å². The van der Waals surface area contributed by atoms with Gasteiger partial charge in [0.15, 0.2) is 0 Å². The third-order valence-electron chi connectivity index (χ3n) is 3.43. The number of carboxylic acids is 1. The first-order valence-corrected chi connectivity index (χ1v) is 6.41. The Bertz CT molecular complexity index is 470. The lowest BCUT2D eigenvalue weighted by molar-refractivity contribution is -0.141. The predicted octanol–water partition coefficient (Wildman–Crippen LogP) is 2.37. The molecule has 3 N–H and O–H groups in total. The second-order valence-electron chi connectivity index (χ2n) is 5.01. The summed E-state index contributed by atoms with van der Waals surface area (Å²) in [5.41, 5.74) is 1.86. The average Bonchev–Trinajstić information content (AvgIpc) is 2.80. The Hall–Kier alpha value is -2.04. The first-order chi connectivity index (χ1) is 9.04. The lowest BCUT2D eigenvalue weighted by Crippen LogP contribution is -2.36. The van der Waals surface area contributed by atoms with E-state index in [1.54, 1.807) is 0 Å². The van der Waals surface area contributed by atoms with Crippen LogP contribution in [0.4, 0.5) is 10.5 Å². The molecule has 1 saturated carbocycles. The van der Waals surface area contributed by atoms with E-state index in [1.807, 2.05) is 31.2 Å². The minimum atomic E-state index is -0.775. The van der Waals surface area contributed by atoms with Crippen molar-refractivity contribution >= 4 is 17.7 Å². The third-order valence-corrected chi connectivity index (χ3v) is 3.43. The number of urea groups is 1. The molecule has 0 heterocycles. The van der Waals surface area contributed by atoms with E-state index in [0.717, 1.165) is 17.7 Å². The molecule has 1 fully saturated rings. The standard InChI is InChI=1S/C14H18N2O3/c1-9-2-5-11(6-3-9)15-14(19)16-12-7-4-10(8-12)13(17)18/h2-3,5-6,10,12H,4,7-8H2,1H3,(H,17,18)(H2,15,16,19). The van der Waals surface area contributed by atoms with Gasteiger partial charge in [0.1, 0.15) is 0 Å². The SMILES string of the molecule is Cc1ccc(NC(=O)NC2CCC(C(=O)O)C2)cc1. The van der Waals surface area contributed by atoms with Gasteiger partial charge in [-0.3, -0.25) is 4.79 Å². The molecule has 2 amide bonds. The number of carboxylic acid groups (broad SMARTS) is 1. The predicted molar refractivity (Wildman–Crippen MR) is 72.1 cm³/mol. The molecule has 0 radical (unpaired) electrons. The lowest BCUT2D eigenvalue weighted by atomic mass is 10.1. The van der Waals surface area contributed by atoms with E-state index in [-0.39, 0.29) is 18.0 Å². The van der Waals surface area contributed by atoms with Crippen molar-refractivity contribution in [2.45, 2.75) is 32.2 Å². The molecule has 1 aromatic rings. The first kappa shape index (κ1) is 13.4. The van der Waals surface area contributed by atoms with Gasteiger partial charge in [0.2, 0.25) is 0 Å². The van der Waals surface area contributed by atoms with Gasteiger partial charge in [-0.1, -0.05) is 17.7 Å². The number of hydrogen-bond acceptors (Lipinski definition) is 2. The number of nitrogens with one attached hydrogen (secondary N) is 2. The summed E-state index contributed by atoms with van der Waals surface area (Å²) >= 11 is 0. The van der Waals surface area contributed by atoms with Crippen molar-refractivity contribution in [1.82, 2.24) is 5.32 Å². The van der Waals surface area contributed by atoms with Crippen LogP contribution in [0, 0.1) is 12.8 Å². The van der Waals surface area contributed by atoms with Crippen molar-refractivity contribution in [1.29, 1.82) is 0 Å². The van der Waals surface area contributed by atoms with Gasteiger partial charge in [-0.2, -0.15) is 0 Å². The topological polar surface area (TPSA) is 78.4 Å². The Morgan fingerprint density at radius 2 is 1.89 bits per heavy atom. The van der Waals surface area contributed by atoms with Gasteiger partial charge in [0.05, 0.1) is 5.92 Å². The molecule has 102 valence electrons. The maximum atomic E-state index is 11.8. The number of carbonyl (C=O) groups excluding carboxylic acids is 1. The lowest BCUT2D eigenvalue weighted by Gasteiger charge is -2.13. The average molecular weight is 262 g/mol. The van der Waals surface area contributed by atoms with Crippen molar-refractivity contribution in [2.75, 3.05) is 5.32 Å². The first-order valence-electron chi connectivity index (χ1n) is 6.41. The highest BCUT2D eigenvalue weighted by Crippen LogP contribution is 2.25. The molecule has 2 rings (SSSR count).